The van der Waals surface area contributed by atoms with Gasteiger partial charge in [0, 0.05) is 24.0 Å². The van der Waals surface area contributed by atoms with Crippen molar-refractivity contribution in [1.29, 1.82) is 0 Å². The molecule has 0 saturated heterocycles. The van der Waals surface area contributed by atoms with Crippen LogP contribution in [0.3, 0.4) is 0 Å². The fraction of sp³-hybridized carbons (Fsp3) is 0.429. The smallest absolute Gasteiger partial charge is 0.356 e. The summed E-state index contributed by atoms with van der Waals surface area (Å²) in [5, 5.41) is 1.13. The first kappa shape index (κ1) is 23.6. The van der Waals surface area contributed by atoms with Crippen molar-refractivity contribution < 1.29 is 37.8 Å². The standard InChI is InChI=1S/C21H26O8S/c1-12(2)21(30(24)11-17(23)26-5)29-15-9-7-8-14-10-16(25-4)19(27-6)20(18(14)15)28-13(3)22/h7-10,12,21H,11H2,1-6H3. The summed E-state index contributed by atoms with van der Waals surface area (Å²) in [5.41, 5.74) is -0.798. The number of fused-ring (bicyclic) bond motifs is 1. The van der Waals surface area contributed by atoms with Gasteiger partial charge in [-0.05, 0) is 17.5 Å². The van der Waals surface area contributed by atoms with Crippen molar-refractivity contribution in [2.75, 3.05) is 27.1 Å². The lowest BCUT2D eigenvalue weighted by molar-refractivity contribution is -0.137. The first-order valence-electron chi connectivity index (χ1n) is 9.20. The molecule has 0 bridgehead atoms. The minimum absolute atomic E-state index is 0.135. The van der Waals surface area contributed by atoms with Crippen LogP contribution in [-0.4, -0.2) is 49.0 Å². The van der Waals surface area contributed by atoms with E-state index in [-0.39, 0.29) is 23.2 Å². The average molecular weight is 438 g/mol. The zero-order chi connectivity index (χ0) is 22.4. The van der Waals surface area contributed by atoms with E-state index in [1.165, 1.54) is 28.3 Å². The molecule has 0 aliphatic carbocycles. The van der Waals surface area contributed by atoms with E-state index in [0.29, 0.717) is 22.3 Å². The Hall–Kier alpha value is -2.65. The van der Waals surface area contributed by atoms with Crippen molar-refractivity contribution >= 4 is 33.9 Å². The molecule has 0 radical (unpaired) electrons. The molecule has 0 heterocycles. The average Bonchev–Trinajstić information content (AvgIpc) is 2.70. The van der Waals surface area contributed by atoms with Crippen LogP contribution in [0.25, 0.3) is 10.8 Å². The van der Waals surface area contributed by atoms with Crippen LogP contribution in [0.1, 0.15) is 20.8 Å². The van der Waals surface area contributed by atoms with Gasteiger partial charge in [0.2, 0.25) is 11.5 Å². The van der Waals surface area contributed by atoms with E-state index >= 15 is 0 Å². The van der Waals surface area contributed by atoms with E-state index < -0.39 is 28.6 Å². The summed E-state index contributed by atoms with van der Waals surface area (Å²) >= 11 is -1.65. The number of methoxy groups -OCH3 is 3. The topological polar surface area (TPSA) is 103 Å². The zero-order valence-corrected chi connectivity index (χ0v) is 18.7. The molecule has 2 unspecified atom stereocenters. The molecule has 8 nitrogen and oxygen atoms in total. The van der Waals surface area contributed by atoms with Crippen molar-refractivity contribution in [2.45, 2.75) is 26.2 Å². The van der Waals surface area contributed by atoms with E-state index in [0.717, 1.165) is 0 Å². The Balaban J connectivity index is 2.62. The van der Waals surface area contributed by atoms with E-state index in [2.05, 4.69) is 4.74 Å². The maximum Gasteiger partial charge on any atom is 0.356 e. The van der Waals surface area contributed by atoms with Gasteiger partial charge < -0.3 is 28.2 Å². The number of ether oxygens (including phenoxy) is 5. The highest BCUT2D eigenvalue weighted by Crippen LogP contribution is 2.47. The molecule has 0 aromatic heterocycles. The fourth-order valence-electron chi connectivity index (χ4n) is 2.90. The molecule has 0 spiro atoms. The minimum Gasteiger partial charge on any atom is -0.613 e. The Morgan fingerprint density at radius 1 is 1.07 bits per heavy atom. The highest BCUT2D eigenvalue weighted by atomic mass is 32.2. The van der Waals surface area contributed by atoms with Crippen molar-refractivity contribution in [1.82, 2.24) is 0 Å². The van der Waals surface area contributed by atoms with Crippen LogP contribution in [0.15, 0.2) is 24.3 Å². The molecule has 2 aromatic rings. The molecular formula is C21H26O8S. The molecule has 0 fully saturated rings. The van der Waals surface area contributed by atoms with Gasteiger partial charge in [-0.2, -0.15) is 0 Å². The lowest BCUT2D eigenvalue weighted by Crippen LogP contribution is -2.37. The zero-order valence-electron chi connectivity index (χ0n) is 17.8. The molecule has 2 aromatic carbocycles. The summed E-state index contributed by atoms with van der Waals surface area (Å²) in [4.78, 5) is 23.4. The summed E-state index contributed by atoms with van der Waals surface area (Å²) < 4.78 is 39.7. The molecule has 2 rings (SSSR count). The van der Waals surface area contributed by atoms with Gasteiger partial charge in [-0.15, -0.1) is 0 Å². The number of hydrogen-bond acceptors (Lipinski definition) is 8. The predicted molar refractivity (Wildman–Crippen MR) is 113 cm³/mol. The third-order valence-electron chi connectivity index (χ3n) is 4.21. The van der Waals surface area contributed by atoms with Gasteiger partial charge in [-0.25, -0.2) is 4.79 Å². The Morgan fingerprint density at radius 3 is 2.30 bits per heavy atom. The van der Waals surface area contributed by atoms with Crippen LogP contribution in [0.5, 0.6) is 23.0 Å². The van der Waals surface area contributed by atoms with Crippen LogP contribution in [0.4, 0.5) is 0 Å². The quantitative estimate of drug-likeness (QED) is 0.334. The second kappa shape index (κ2) is 10.4. The molecule has 0 N–H and O–H groups in total. The lowest BCUT2D eigenvalue weighted by Gasteiger charge is -2.26. The lowest BCUT2D eigenvalue weighted by atomic mass is 10.1. The van der Waals surface area contributed by atoms with Gasteiger partial charge >= 0.3 is 11.9 Å². The summed E-state index contributed by atoms with van der Waals surface area (Å²) in [6.45, 7) is 4.94. The second-order valence-electron chi connectivity index (χ2n) is 6.72. The van der Waals surface area contributed by atoms with Crippen molar-refractivity contribution in [3.05, 3.63) is 24.3 Å². The molecule has 0 saturated carbocycles. The van der Waals surface area contributed by atoms with Crippen LogP contribution in [0.2, 0.25) is 0 Å². The third kappa shape index (κ3) is 5.28. The van der Waals surface area contributed by atoms with Gasteiger partial charge in [-0.3, -0.25) is 4.79 Å². The van der Waals surface area contributed by atoms with E-state index in [1.807, 2.05) is 13.8 Å². The summed E-state index contributed by atoms with van der Waals surface area (Å²) in [7, 11) is 4.15. The van der Waals surface area contributed by atoms with Crippen molar-refractivity contribution in [2.24, 2.45) is 5.92 Å². The Kier molecular flexibility index (Phi) is 8.19. The van der Waals surface area contributed by atoms with E-state index in [4.69, 9.17) is 18.9 Å². The monoisotopic (exact) mass is 438 g/mol. The van der Waals surface area contributed by atoms with Crippen molar-refractivity contribution in [3.8, 4) is 23.0 Å². The van der Waals surface area contributed by atoms with Crippen LogP contribution in [-0.2, 0) is 25.5 Å². The van der Waals surface area contributed by atoms with Crippen molar-refractivity contribution in [3.63, 3.8) is 0 Å². The Morgan fingerprint density at radius 2 is 1.77 bits per heavy atom. The SMILES string of the molecule is COC(=O)C[S+]([O-])C(Oc1cccc2cc(OC)c(OC)c(OC(C)=O)c12)C(C)C. The Bertz CT molecular complexity index is 912. The summed E-state index contributed by atoms with van der Waals surface area (Å²) in [5.74, 6) is -0.528. The third-order valence-corrected chi connectivity index (χ3v) is 5.89. The normalized spacial score (nSPS) is 12.9. The summed E-state index contributed by atoms with van der Waals surface area (Å²) in [6.07, 6.45) is 0. The molecule has 30 heavy (non-hydrogen) atoms. The van der Waals surface area contributed by atoms with Gasteiger partial charge in [0.15, 0.2) is 11.5 Å². The van der Waals surface area contributed by atoms with E-state index in [9.17, 15) is 14.1 Å². The number of hydrogen-bond donors (Lipinski definition) is 0. The van der Waals surface area contributed by atoms with Crippen LogP contribution < -0.4 is 18.9 Å². The number of benzene rings is 2. The maximum absolute atomic E-state index is 12.7. The fourth-order valence-corrected chi connectivity index (χ4v) is 4.24. The van der Waals surface area contributed by atoms with Crippen LogP contribution in [0, 0.1) is 5.92 Å². The number of esters is 2. The van der Waals surface area contributed by atoms with Gasteiger partial charge in [0.1, 0.15) is 5.75 Å². The molecule has 2 atom stereocenters. The maximum atomic E-state index is 12.7. The predicted octanol–water partition coefficient (Wildman–Crippen LogP) is 3.06. The minimum atomic E-state index is -1.65. The number of carbonyl (C=O) groups is 2. The first-order chi connectivity index (χ1) is 14.2. The molecule has 0 aliphatic heterocycles. The first-order valence-corrected chi connectivity index (χ1v) is 10.6. The van der Waals surface area contributed by atoms with Gasteiger partial charge in [0.25, 0.3) is 5.44 Å². The molecular weight excluding hydrogens is 412 g/mol. The number of rotatable bonds is 9. The largest absolute Gasteiger partial charge is 0.613 e. The molecule has 0 aliphatic rings. The van der Waals surface area contributed by atoms with Crippen LogP contribution >= 0.6 is 0 Å². The van der Waals surface area contributed by atoms with Gasteiger partial charge in [0.05, 0.1) is 26.7 Å². The van der Waals surface area contributed by atoms with E-state index in [1.54, 1.807) is 24.3 Å². The molecule has 164 valence electrons. The number of carbonyl (C=O) groups excluding carboxylic acids is 2. The Labute approximate surface area is 178 Å². The second-order valence-corrected chi connectivity index (χ2v) is 8.24. The molecule has 0 amide bonds. The highest BCUT2D eigenvalue weighted by Gasteiger charge is 2.32. The highest BCUT2D eigenvalue weighted by molar-refractivity contribution is 7.92. The molecule has 9 heteroatoms. The van der Waals surface area contributed by atoms with Gasteiger partial charge in [-0.1, -0.05) is 26.0 Å². The summed E-state index contributed by atoms with van der Waals surface area (Å²) in [6, 6.07) is 6.95.